The molecule has 0 aromatic heterocycles. The fraction of sp³-hybridized carbons (Fsp3) is 0.294. The minimum absolute atomic E-state index is 0.186. The lowest BCUT2D eigenvalue weighted by molar-refractivity contribution is 0.291. The first-order chi connectivity index (χ1) is 10.2. The first-order valence-corrected chi connectivity index (χ1v) is 8.59. The second-order valence-electron chi connectivity index (χ2n) is 6.35. The molecular formula is C17H21O4P. The van der Waals surface area contributed by atoms with Crippen molar-refractivity contribution in [2.75, 3.05) is 0 Å². The van der Waals surface area contributed by atoms with Gasteiger partial charge >= 0.3 is 7.82 Å². The Morgan fingerprint density at radius 2 is 1.41 bits per heavy atom. The summed E-state index contributed by atoms with van der Waals surface area (Å²) in [6.45, 7) is 6.48. The first-order valence-electron chi connectivity index (χ1n) is 7.10. The van der Waals surface area contributed by atoms with Gasteiger partial charge < -0.3 is 9.05 Å². The molecule has 118 valence electrons. The maximum Gasteiger partial charge on any atom is 0.584 e. The minimum Gasteiger partial charge on any atom is -0.395 e. The van der Waals surface area contributed by atoms with Gasteiger partial charge in [0.1, 0.15) is 11.5 Å². The molecule has 2 aromatic rings. The number of rotatable bonds is 5. The van der Waals surface area contributed by atoms with E-state index in [1.807, 2.05) is 12.1 Å². The molecule has 0 aliphatic rings. The van der Waals surface area contributed by atoms with Crippen LogP contribution in [0.2, 0.25) is 0 Å². The molecule has 0 amide bonds. The highest BCUT2D eigenvalue weighted by atomic mass is 31.2. The van der Waals surface area contributed by atoms with Gasteiger partial charge in [0.15, 0.2) is 0 Å². The van der Waals surface area contributed by atoms with Crippen LogP contribution >= 0.6 is 7.82 Å². The van der Waals surface area contributed by atoms with Crippen molar-refractivity contribution in [1.29, 1.82) is 0 Å². The van der Waals surface area contributed by atoms with E-state index in [0.717, 1.165) is 12.0 Å². The fourth-order valence-electron chi connectivity index (χ4n) is 2.05. The summed E-state index contributed by atoms with van der Waals surface area (Å²) in [5, 5.41) is 0. The van der Waals surface area contributed by atoms with Gasteiger partial charge in [-0.2, -0.15) is 0 Å². The summed E-state index contributed by atoms with van der Waals surface area (Å²) < 4.78 is 22.1. The Kier molecular flexibility index (Phi) is 4.94. The number of hydrogen-bond acceptors (Lipinski definition) is 3. The van der Waals surface area contributed by atoms with Crippen LogP contribution in [0, 0.1) is 5.41 Å². The molecule has 1 N–H and O–H groups in total. The maximum atomic E-state index is 12.0. The Morgan fingerprint density at radius 3 is 1.91 bits per heavy atom. The second-order valence-corrected chi connectivity index (χ2v) is 7.65. The van der Waals surface area contributed by atoms with Gasteiger partial charge in [0.25, 0.3) is 0 Å². The van der Waals surface area contributed by atoms with Crippen molar-refractivity contribution in [3.05, 3.63) is 60.2 Å². The quantitative estimate of drug-likeness (QED) is 0.801. The molecule has 0 aliphatic heterocycles. The molecule has 0 radical (unpaired) electrons. The molecule has 2 aromatic carbocycles. The van der Waals surface area contributed by atoms with Crippen molar-refractivity contribution in [2.45, 2.75) is 27.2 Å². The topological polar surface area (TPSA) is 55.8 Å². The summed E-state index contributed by atoms with van der Waals surface area (Å²) in [6.07, 6.45) is 0.921. The van der Waals surface area contributed by atoms with Crippen molar-refractivity contribution in [2.24, 2.45) is 5.41 Å². The normalized spacial score (nSPS) is 14.2. The average Bonchev–Trinajstić information content (AvgIpc) is 2.39. The van der Waals surface area contributed by atoms with E-state index < -0.39 is 7.82 Å². The lowest BCUT2D eigenvalue weighted by Crippen LogP contribution is -2.08. The van der Waals surface area contributed by atoms with Crippen LogP contribution in [0.1, 0.15) is 26.3 Å². The van der Waals surface area contributed by atoms with Crippen LogP contribution in [0.4, 0.5) is 0 Å². The minimum atomic E-state index is -4.19. The highest BCUT2D eigenvalue weighted by molar-refractivity contribution is 7.48. The number of benzene rings is 2. The molecule has 1 unspecified atom stereocenters. The molecule has 2 rings (SSSR count). The zero-order valence-electron chi connectivity index (χ0n) is 13.0. The van der Waals surface area contributed by atoms with Crippen LogP contribution in [-0.4, -0.2) is 4.89 Å². The van der Waals surface area contributed by atoms with E-state index in [-0.39, 0.29) is 11.2 Å². The van der Waals surface area contributed by atoms with Crippen LogP contribution < -0.4 is 9.05 Å². The molecule has 0 saturated heterocycles. The van der Waals surface area contributed by atoms with Crippen molar-refractivity contribution in [3.63, 3.8) is 0 Å². The average molecular weight is 320 g/mol. The largest absolute Gasteiger partial charge is 0.584 e. The summed E-state index contributed by atoms with van der Waals surface area (Å²) in [6, 6.07) is 15.6. The van der Waals surface area contributed by atoms with E-state index in [2.05, 4.69) is 20.8 Å². The molecule has 0 spiro atoms. The number of hydrogen-bond donors (Lipinski definition) is 1. The lowest BCUT2D eigenvalue weighted by atomic mass is 9.88. The molecule has 22 heavy (non-hydrogen) atoms. The van der Waals surface area contributed by atoms with Gasteiger partial charge in [-0.3, -0.25) is 4.89 Å². The highest BCUT2D eigenvalue weighted by Gasteiger charge is 2.25. The summed E-state index contributed by atoms with van der Waals surface area (Å²) in [7, 11) is -4.19. The Balaban J connectivity index is 2.02. The van der Waals surface area contributed by atoms with Crippen molar-refractivity contribution in [3.8, 4) is 11.5 Å². The SMILES string of the molecule is CC(C)(C)Cc1ccc(OP(=O)(O)Oc2ccccc2)cc1. The predicted molar refractivity (Wildman–Crippen MR) is 87.1 cm³/mol. The summed E-state index contributed by atoms with van der Waals surface area (Å²) >= 11 is 0. The molecule has 0 heterocycles. The third kappa shape index (κ3) is 5.55. The number of phosphoric ester groups is 1. The zero-order chi connectivity index (χ0) is 16.2. The third-order valence-corrected chi connectivity index (χ3v) is 3.73. The molecule has 0 saturated carbocycles. The van der Waals surface area contributed by atoms with Crippen molar-refractivity contribution >= 4 is 7.82 Å². The molecule has 0 fully saturated rings. The highest BCUT2D eigenvalue weighted by Crippen LogP contribution is 2.44. The van der Waals surface area contributed by atoms with Crippen LogP contribution in [0.5, 0.6) is 11.5 Å². The second kappa shape index (κ2) is 6.55. The Hall–Kier alpha value is -1.77. The van der Waals surface area contributed by atoms with Gasteiger partial charge in [0.2, 0.25) is 0 Å². The first kappa shape index (κ1) is 16.6. The number of para-hydroxylation sites is 1. The Morgan fingerprint density at radius 1 is 0.909 bits per heavy atom. The van der Waals surface area contributed by atoms with Gasteiger partial charge in [-0.15, -0.1) is 0 Å². The standard InChI is InChI=1S/C17H21O4P/c1-17(2,3)13-14-9-11-16(12-10-14)21-22(18,19)20-15-7-5-4-6-8-15/h4-12H,13H2,1-3H3,(H,18,19). The van der Waals surface area contributed by atoms with E-state index in [1.54, 1.807) is 42.5 Å². The monoisotopic (exact) mass is 320 g/mol. The smallest absolute Gasteiger partial charge is 0.395 e. The Bertz CT molecular complexity index is 645. The van der Waals surface area contributed by atoms with Gasteiger partial charge in [-0.1, -0.05) is 51.1 Å². The predicted octanol–water partition coefficient (Wildman–Crippen LogP) is 4.83. The van der Waals surface area contributed by atoms with Crippen LogP contribution in [0.3, 0.4) is 0 Å². The maximum absolute atomic E-state index is 12.0. The van der Waals surface area contributed by atoms with E-state index in [0.29, 0.717) is 5.75 Å². The Labute approximate surface area is 131 Å². The molecular weight excluding hydrogens is 299 g/mol. The van der Waals surface area contributed by atoms with Crippen molar-refractivity contribution < 1.29 is 18.5 Å². The van der Waals surface area contributed by atoms with Crippen LogP contribution in [0.15, 0.2) is 54.6 Å². The van der Waals surface area contributed by atoms with Gasteiger partial charge in [-0.25, -0.2) is 4.57 Å². The molecule has 1 atom stereocenters. The van der Waals surface area contributed by atoms with Gasteiger partial charge in [-0.05, 0) is 41.7 Å². The van der Waals surface area contributed by atoms with E-state index in [1.165, 1.54) is 0 Å². The molecule has 0 aliphatic carbocycles. The van der Waals surface area contributed by atoms with E-state index in [9.17, 15) is 9.46 Å². The molecule has 4 nitrogen and oxygen atoms in total. The molecule has 0 bridgehead atoms. The fourth-order valence-corrected chi connectivity index (χ4v) is 2.86. The molecule has 5 heteroatoms. The van der Waals surface area contributed by atoms with Gasteiger partial charge in [0, 0.05) is 0 Å². The summed E-state index contributed by atoms with van der Waals surface area (Å²) in [4.78, 5) is 9.79. The summed E-state index contributed by atoms with van der Waals surface area (Å²) in [5.41, 5.74) is 1.34. The number of phosphoric acid groups is 1. The lowest BCUT2D eigenvalue weighted by Gasteiger charge is -2.18. The van der Waals surface area contributed by atoms with Crippen LogP contribution in [-0.2, 0) is 11.0 Å². The van der Waals surface area contributed by atoms with E-state index in [4.69, 9.17) is 9.05 Å². The summed E-state index contributed by atoms with van der Waals surface area (Å²) in [5.74, 6) is 0.595. The van der Waals surface area contributed by atoms with Crippen molar-refractivity contribution in [1.82, 2.24) is 0 Å². The van der Waals surface area contributed by atoms with E-state index >= 15 is 0 Å². The van der Waals surface area contributed by atoms with Gasteiger partial charge in [0.05, 0.1) is 0 Å². The third-order valence-electron chi connectivity index (χ3n) is 2.84. The zero-order valence-corrected chi connectivity index (χ0v) is 13.9. The van der Waals surface area contributed by atoms with Crippen LogP contribution in [0.25, 0.3) is 0 Å².